The van der Waals surface area contributed by atoms with Crippen LogP contribution >= 0.6 is 0 Å². The monoisotopic (exact) mass is 291 g/mol. The van der Waals surface area contributed by atoms with Crippen LogP contribution in [0, 0.1) is 0 Å². The van der Waals surface area contributed by atoms with Crippen LogP contribution in [-0.4, -0.2) is 34.7 Å². The Balaban J connectivity index is 2.11. The fourth-order valence-electron chi connectivity index (χ4n) is 3.29. The maximum absolute atomic E-state index is 11.8. The van der Waals surface area contributed by atoms with E-state index in [9.17, 15) is 9.90 Å². The molecule has 0 amide bonds. The molecule has 0 radical (unpaired) electrons. The van der Waals surface area contributed by atoms with Gasteiger partial charge in [-0.3, -0.25) is 9.69 Å². The SMILES string of the molecule is CCCC1(C(=O)O)CCCN1Cc1ccc(OCC)cc1. The third-order valence-electron chi connectivity index (χ3n) is 4.29. The summed E-state index contributed by atoms with van der Waals surface area (Å²) < 4.78 is 5.44. The summed E-state index contributed by atoms with van der Waals surface area (Å²) in [6.07, 6.45) is 3.34. The summed E-state index contributed by atoms with van der Waals surface area (Å²) in [6.45, 7) is 6.23. The Morgan fingerprint density at radius 2 is 2.05 bits per heavy atom. The van der Waals surface area contributed by atoms with E-state index in [1.807, 2.05) is 31.2 Å². The predicted octanol–water partition coefficient (Wildman–Crippen LogP) is 3.30. The summed E-state index contributed by atoms with van der Waals surface area (Å²) in [4.78, 5) is 13.9. The first-order valence-electron chi connectivity index (χ1n) is 7.82. The van der Waals surface area contributed by atoms with E-state index in [1.165, 1.54) is 0 Å². The molecule has 1 heterocycles. The summed E-state index contributed by atoms with van der Waals surface area (Å²) in [5.74, 6) is 0.188. The van der Waals surface area contributed by atoms with Crippen LogP contribution in [0.1, 0.15) is 45.1 Å². The van der Waals surface area contributed by atoms with Crippen molar-refractivity contribution in [2.24, 2.45) is 0 Å². The van der Waals surface area contributed by atoms with Gasteiger partial charge >= 0.3 is 5.97 Å². The van der Waals surface area contributed by atoms with E-state index in [1.54, 1.807) is 0 Å². The number of rotatable bonds is 7. The molecule has 1 aromatic rings. The van der Waals surface area contributed by atoms with Gasteiger partial charge in [-0.1, -0.05) is 25.5 Å². The number of likely N-dealkylation sites (tertiary alicyclic amines) is 1. The first-order valence-corrected chi connectivity index (χ1v) is 7.82. The topological polar surface area (TPSA) is 49.8 Å². The van der Waals surface area contributed by atoms with Crippen LogP contribution in [0.2, 0.25) is 0 Å². The standard InChI is InChI=1S/C17H25NO3/c1-3-10-17(16(19)20)11-5-12-18(17)13-14-6-8-15(9-7-14)21-4-2/h6-9H,3-5,10-13H2,1-2H3,(H,19,20). The molecule has 4 heteroatoms. The Hall–Kier alpha value is -1.55. The molecule has 0 spiro atoms. The van der Waals surface area contributed by atoms with Gasteiger partial charge in [0.05, 0.1) is 6.61 Å². The Labute approximate surface area is 126 Å². The minimum Gasteiger partial charge on any atom is -0.494 e. The normalized spacial score (nSPS) is 22.4. The van der Waals surface area contributed by atoms with Gasteiger partial charge in [0.1, 0.15) is 11.3 Å². The Morgan fingerprint density at radius 3 is 2.62 bits per heavy atom. The molecular formula is C17H25NO3. The van der Waals surface area contributed by atoms with Crippen molar-refractivity contribution in [1.29, 1.82) is 0 Å². The van der Waals surface area contributed by atoms with Crippen LogP contribution in [0.15, 0.2) is 24.3 Å². The number of ether oxygens (including phenoxy) is 1. The molecule has 2 rings (SSSR count). The van der Waals surface area contributed by atoms with Crippen molar-refractivity contribution in [2.45, 2.75) is 51.6 Å². The molecule has 0 bridgehead atoms. The van der Waals surface area contributed by atoms with Gasteiger partial charge in [-0.2, -0.15) is 0 Å². The highest BCUT2D eigenvalue weighted by Gasteiger charge is 2.46. The second-order valence-electron chi connectivity index (χ2n) is 5.69. The Bertz CT molecular complexity index is 471. The second kappa shape index (κ2) is 6.94. The van der Waals surface area contributed by atoms with E-state index in [0.29, 0.717) is 13.2 Å². The molecule has 1 N–H and O–H groups in total. The fraction of sp³-hybridized carbons (Fsp3) is 0.588. The zero-order valence-electron chi connectivity index (χ0n) is 13.0. The summed E-state index contributed by atoms with van der Waals surface area (Å²) in [6, 6.07) is 7.97. The van der Waals surface area contributed by atoms with E-state index < -0.39 is 11.5 Å². The number of benzene rings is 1. The highest BCUT2D eigenvalue weighted by Crippen LogP contribution is 2.35. The maximum Gasteiger partial charge on any atom is 0.324 e. The van der Waals surface area contributed by atoms with Crippen LogP contribution < -0.4 is 4.74 Å². The van der Waals surface area contributed by atoms with E-state index in [-0.39, 0.29) is 0 Å². The zero-order chi connectivity index (χ0) is 15.3. The van der Waals surface area contributed by atoms with Crippen molar-refractivity contribution >= 4 is 5.97 Å². The quantitative estimate of drug-likeness (QED) is 0.837. The Kier molecular flexibility index (Phi) is 5.23. The smallest absolute Gasteiger partial charge is 0.324 e. The molecule has 1 aromatic carbocycles. The molecule has 1 unspecified atom stereocenters. The van der Waals surface area contributed by atoms with Gasteiger partial charge < -0.3 is 9.84 Å². The van der Waals surface area contributed by atoms with Crippen LogP contribution in [0.5, 0.6) is 5.75 Å². The number of carboxylic acid groups (broad SMARTS) is 1. The average molecular weight is 291 g/mol. The van der Waals surface area contributed by atoms with Gasteiger partial charge in [0.25, 0.3) is 0 Å². The van der Waals surface area contributed by atoms with Gasteiger partial charge in [-0.05, 0) is 50.4 Å². The number of carboxylic acids is 1. The first-order chi connectivity index (χ1) is 10.1. The maximum atomic E-state index is 11.8. The molecule has 4 nitrogen and oxygen atoms in total. The molecule has 0 saturated carbocycles. The van der Waals surface area contributed by atoms with Crippen LogP contribution in [0.3, 0.4) is 0 Å². The third kappa shape index (κ3) is 3.38. The molecule has 116 valence electrons. The Morgan fingerprint density at radius 1 is 1.33 bits per heavy atom. The minimum absolute atomic E-state index is 0.657. The number of nitrogens with zero attached hydrogens (tertiary/aromatic N) is 1. The summed E-state index contributed by atoms with van der Waals surface area (Å²) >= 11 is 0. The van der Waals surface area contributed by atoms with Crippen molar-refractivity contribution in [3.63, 3.8) is 0 Å². The molecule has 1 fully saturated rings. The molecule has 0 aromatic heterocycles. The van der Waals surface area contributed by atoms with Crippen LogP contribution in [-0.2, 0) is 11.3 Å². The van der Waals surface area contributed by atoms with Crippen molar-refractivity contribution in [1.82, 2.24) is 4.90 Å². The van der Waals surface area contributed by atoms with Crippen molar-refractivity contribution in [3.8, 4) is 5.75 Å². The molecular weight excluding hydrogens is 266 g/mol. The first kappa shape index (κ1) is 15.8. The number of hydrogen-bond acceptors (Lipinski definition) is 3. The van der Waals surface area contributed by atoms with Gasteiger partial charge in [-0.15, -0.1) is 0 Å². The third-order valence-corrected chi connectivity index (χ3v) is 4.29. The molecule has 1 aliphatic rings. The van der Waals surface area contributed by atoms with Crippen LogP contribution in [0.4, 0.5) is 0 Å². The summed E-state index contributed by atoms with van der Waals surface area (Å²) in [5, 5.41) is 9.70. The van der Waals surface area contributed by atoms with Gasteiger partial charge in [0.2, 0.25) is 0 Å². The van der Waals surface area contributed by atoms with Crippen molar-refractivity contribution in [3.05, 3.63) is 29.8 Å². The van der Waals surface area contributed by atoms with Gasteiger partial charge in [0.15, 0.2) is 0 Å². The largest absolute Gasteiger partial charge is 0.494 e. The van der Waals surface area contributed by atoms with E-state index in [2.05, 4.69) is 11.8 Å². The van der Waals surface area contributed by atoms with Crippen molar-refractivity contribution in [2.75, 3.05) is 13.2 Å². The van der Waals surface area contributed by atoms with Crippen LogP contribution in [0.25, 0.3) is 0 Å². The summed E-state index contributed by atoms with van der Waals surface area (Å²) in [5.41, 5.74) is 0.468. The number of aliphatic carboxylic acids is 1. The van der Waals surface area contributed by atoms with E-state index in [0.717, 1.165) is 43.5 Å². The van der Waals surface area contributed by atoms with E-state index in [4.69, 9.17) is 4.74 Å². The molecule has 0 aliphatic carbocycles. The average Bonchev–Trinajstić information content (AvgIpc) is 2.86. The number of hydrogen-bond donors (Lipinski definition) is 1. The highest BCUT2D eigenvalue weighted by atomic mass is 16.5. The molecule has 1 atom stereocenters. The lowest BCUT2D eigenvalue weighted by Gasteiger charge is -2.34. The zero-order valence-corrected chi connectivity index (χ0v) is 13.0. The lowest BCUT2D eigenvalue weighted by atomic mass is 9.90. The molecule has 21 heavy (non-hydrogen) atoms. The number of carbonyl (C=O) groups is 1. The second-order valence-corrected chi connectivity index (χ2v) is 5.69. The van der Waals surface area contributed by atoms with Crippen molar-refractivity contribution < 1.29 is 14.6 Å². The fourth-order valence-corrected chi connectivity index (χ4v) is 3.29. The predicted molar refractivity (Wildman–Crippen MR) is 82.5 cm³/mol. The lowest BCUT2D eigenvalue weighted by molar-refractivity contribution is -0.150. The van der Waals surface area contributed by atoms with Gasteiger partial charge in [0, 0.05) is 6.54 Å². The van der Waals surface area contributed by atoms with E-state index >= 15 is 0 Å². The minimum atomic E-state index is -0.673. The van der Waals surface area contributed by atoms with Gasteiger partial charge in [-0.25, -0.2) is 0 Å². The highest BCUT2D eigenvalue weighted by molar-refractivity contribution is 5.79. The lowest BCUT2D eigenvalue weighted by Crippen LogP contribution is -2.49. The summed E-state index contributed by atoms with van der Waals surface area (Å²) in [7, 11) is 0. The molecule has 1 aliphatic heterocycles. The molecule has 1 saturated heterocycles.